The number of rotatable bonds is 4. The molecule has 0 nitrogen and oxygen atoms in total. The third kappa shape index (κ3) is 4.24. The first kappa shape index (κ1) is 29.2. The maximum atomic E-state index is 2.35. The van der Waals surface area contributed by atoms with Gasteiger partial charge in [0.25, 0.3) is 0 Å². The van der Waals surface area contributed by atoms with Crippen molar-refractivity contribution in [3.63, 3.8) is 0 Å². The molecule has 0 spiro atoms. The molecule has 0 aliphatic heterocycles. The molecule has 9 aromatic carbocycles. The van der Waals surface area contributed by atoms with Crippen LogP contribution < -0.4 is 0 Å². The Balaban J connectivity index is 1.33. The second-order valence-corrected chi connectivity index (χ2v) is 14.8. The summed E-state index contributed by atoms with van der Waals surface area (Å²) in [6.07, 6.45) is 0. The molecule has 0 fully saturated rings. The van der Waals surface area contributed by atoms with Crippen LogP contribution in [-0.2, 0) is 0 Å². The van der Waals surface area contributed by atoms with E-state index in [1.54, 1.807) is 0 Å². The number of hydrogen-bond acceptors (Lipinski definition) is 1. The van der Waals surface area contributed by atoms with E-state index in [1.807, 2.05) is 11.3 Å². The zero-order chi connectivity index (χ0) is 33.3. The Labute approximate surface area is 295 Å². The van der Waals surface area contributed by atoms with Crippen LogP contribution in [0.4, 0.5) is 0 Å². The lowest BCUT2D eigenvalue weighted by Gasteiger charge is -2.19. The molecule has 0 saturated heterocycles. The first-order valence-corrected chi connectivity index (χ1v) is 18.4. The number of hydrogen-bond donors (Lipinski definition) is 0. The van der Waals surface area contributed by atoms with Gasteiger partial charge in [-0.25, -0.2) is 0 Å². The monoisotopic (exact) mass is 654 g/mol. The third-order valence-electron chi connectivity index (χ3n) is 10.6. The fourth-order valence-corrected chi connectivity index (χ4v) is 9.91. The van der Waals surface area contributed by atoms with Crippen molar-refractivity contribution in [2.45, 2.75) is 19.8 Å². The standard InChI is InChI=1S/C49H34S/c1-30(2)44-32-18-6-10-22-36(32)47(37-23-11-7-19-33(37)44)41-27-14-28-42-48-40(26-15-29-43(48)50-49(41)42)46-38-24-12-8-20-34(38)45(31-16-4-3-5-17-31)35-21-9-13-25-39(35)46/h3-30H,1-2H3. The highest BCUT2D eigenvalue weighted by atomic mass is 32.1. The lowest BCUT2D eigenvalue weighted by atomic mass is 9.84. The number of benzene rings is 9. The Hall–Kier alpha value is -5.76. The van der Waals surface area contributed by atoms with Gasteiger partial charge in [0.05, 0.1) is 0 Å². The van der Waals surface area contributed by atoms with Crippen LogP contribution >= 0.6 is 11.3 Å². The maximum Gasteiger partial charge on any atom is 0.0434 e. The van der Waals surface area contributed by atoms with Crippen LogP contribution in [0.25, 0.3) is 96.6 Å². The van der Waals surface area contributed by atoms with Crippen molar-refractivity contribution in [3.05, 3.63) is 169 Å². The van der Waals surface area contributed by atoms with Gasteiger partial charge in [-0.3, -0.25) is 0 Å². The fourth-order valence-electron chi connectivity index (χ4n) is 8.66. The summed E-state index contributed by atoms with van der Waals surface area (Å²) in [5.41, 5.74) is 9.23. The molecule has 0 bridgehead atoms. The second kappa shape index (κ2) is 11.4. The summed E-state index contributed by atoms with van der Waals surface area (Å²) in [5.74, 6) is 0.416. The zero-order valence-corrected chi connectivity index (χ0v) is 28.9. The number of thiophene rings is 1. The average molecular weight is 655 g/mol. The number of fused-ring (bicyclic) bond motifs is 7. The Morgan fingerprint density at radius 2 is 0.780 bits per heavy atom. The molecule has 0 aliphatic rings. The first-order valence-electron chi connectivity index (χ1n) is 17.6. The largest absolute Gasteiger partial charge is 0.135 e. The van der Waals surface area contributed by atoms with Crippen LogP contribution in [-0.4, -0.2) is 0 Å². The Bertz CT molecular complexity index is 2830. The van der Waals surface area contributed by atoms with Gasteiger partial charge in [0.15, 0.2) is 0 Å². The van der Waals surface area contributed by atoms with Gasteiger partial charge in [-0.05, 0) is 88.5 Å². The van der Waals surface area contributed by atoms with Crippen LogP contribution in [0.2, 0.25) is 0 Å². The summed E-state index contributed by atoms with van der Waals surface area (Å²) in [6, 6.07) is 60.8. The lowest BCUT2D eigenvalue weighted by molar-refractivity contribution is 0.885. The molecule has 0 radical (unpaired) electrons. The fraction of sp³-hybridized carbons (Fsp3) is 0.0612. The normalized spacial score (nSPS) is 12.0. The van der Waals surface area contributed by atoms with Gasteiger partial charge in [-0.2, -0.15) is 0 Å². The molecule has 0 atom stereocenters. The molecule has 0 N–H and O–H groups in total. The predicted molar refractivity (Wildman–Crippen MR) is 220 cm³/mol. The lowest BCUT2D eigenvalue weighted by Crippen LogP contribution is -1.95. The van der Waals surface area contributed by atoms with Gasteiger partial charge >= 0.3 is 0 Å². The molecule has 1 heteroatoms. The molecule has 1 heterocycles. The summed E-state index contributed by atoms with van der Waals surface area (Å²) in [4.78, 5) is 0. The minimum absolute atomic E-state index is 0.416. The van der Waals surface area contributed by atoms with E-state index >= 15 is 0 Å². The summed E-state index contributed by atoms with van der Waals surface area (Å²) in [5, 5.41) is 13.2. The van der Waals surface area contributed by atoms with Gasteiger partial charge in [-0.15, -0.1) is 11.3 Å². The molecule has 1 aromatic heterocycles. The maximum absolute atomic E-state index is 2.35. The molecule has 0 amide bonds. The van der Waals surface area contributed by atoms with E-state index in [9.17, 15) is 0 Å². The van der Waals surface area contributed by atoms with Gasteiger partial charge in [0.2, 0.25) is 0 Å². The van der Waals surface area contributed by atoms with E-state index in [-0.39, 0.29) is 0 Å². The highest BCUT2D eigenvalue weighted by Crippen LogP contribution is 2.51. The molecular formula is C49H34S. The Morgan fingerprint density at radius 1 is 0.360 bits per heavy atom. The van der Waals surface area contributed by atoms with Crippen LogP contribution in [0, 0.1) is 0 Å². The van der Waals surface area contributed by atoms with Crippen molar-refractivity contribution in [1.82, 2.24) is 0 Å². The van der Waals surface area contributed by atoms with Crippen LogP contribution in [0.1, 0.15) is 25.3 Å². The van der Waals surface area contributed by atoms with E-state index < -0.39 is 0 Å². The molecule has 0 aliphatic carbocycles. The second-order valence-electron chi connectivity index (χ2n) is 13.7. The van der Waals surface area contributed by atoms with Gasteiger partial charge in [0, 0.05) is 25.7 Å². The van der Waals surface area contributed by atoms with Crippen molar-refractivity contribution in [1.29, 1.82) is 0 Å². The zero-order valence-electron chi connectivity index (χ0n) is 28.1. The van der Waals surface area contributed by atoms with Crippen molar-refractivity contribution in [2.24, 2.45) is 0 Å². The van der Waals surface area contributed by atoms with Crippen molar-refractivity contribution < 1.29 is 0 Å². The van der Waals surface area contributed by atoms with Crippen molar-refractivity contribution >= 4 is 74.6 Å². The van der Waals surface area contributed by atoms with Gasteiger partial charge < -0.3 is 0 Å². The highest BCUT2D eigenvalue weighted by molar-refractivity contribution is 7.26. The van der Waals surface area contributed by atoms with Crippen LogP contribution in [0.5, 0.6) is 0 Å². The van der Waals surface area contributed by atoms with Gasteiger partial charge in [-0.1, -0.05) is 172 Å². The topological polar surface area (TPSA) is 0 Å². The van der Waals surface area contributed by atoms with E-state index in [0.717, 1.165) is 0 Å². The first-order chi connectivity index (χ1) is 24.7. The highest BCUT2D eigenvalue weighted by Gasteiger charge is 2.22. The van der Waals surface area contributed by atoms with Crippen LogP contribution in [0.3, 0.4) is 0 Å². The van der Waals surface area contributed by atoms with E-state index in [4.69, 9.17) is 0 Å². The molecule has 10 aromatic rings. The Kier molecular flexibility index (Phi) is 6.66. The van der Waals surface area contributed by atoms with Crippen molar-refractivity contribution in [3.8, 4) is 33.4 Å². The summed E-state index contributed by atoms with van der Waals surface area (Å²) in [6.45, 7) is 4.64. The SMILES string of the molecule is CC(C)c1c2ccccc2c(-c2cccc3c2sc2cccc(-c4c5ccccc5c(-c5ccccc5)c5ccccc45)c23)c2ccccc12. The molecule has 0 saturated carbocycles. The molecule has 0 unspecified atom stereocenters. The van der Waals surface area contributed by atoms with E-state index in [1.165, 1.54) is 102 Å². The molecule has 50 heavy (non-hydrogen) atoms. The molecule has 10 rings (SSSR count). The van der Waals surface area contributed by atoms with E-state index in [0.29, 0.717) is 5.92 Å². The van der Waals surface area contributed by atoms with Crippen LogP contribution in [0.15, 0.2) is 164 Å². The van der Waals surface area contributed by atoms with E-state index in [2.05, 4.69) is 178 Å². The smallest absolute Gasteiger partial charge is 0.0434 e. The predicted octanol–water partition coefficient (Wildman–Crippen LogP) is 14.8. The molecular weight excluding hydrogens is 621 g/mol. The summed E-state index contributed by atoms with van der Waals surface area (Å²) < 4.78 is 2.66. The summed E-state index contributed by atoms with van der Waals surface area (Å²) >= 11 is 1.93. The minimum atomic E-state index is 0.416. The van der Waals surface area contributed by atoms with Crippen molar-refractivity contribution in [2.75, 3.05) is 0 Å². The van der Waals surface area contributed by atoms with Gasteiger partial charge in [0.1, 0.15) is 0 Å². The minimum Gasteiger partial charge on any atom is -0.135 e. The molecule has 236 valence electrons. The summed E-state index contributed by atoms with van der Waals surface area (Å²) in [7, 11) is 0. The third-order valence-corrected chi connectivity index (χ3v) is 11.8. The quantitative estimate of drug-likeness (QED) is 0.166. The average Bonchev–Trinajstić information content (AvgIpc) is 3.56. The Morgan fingerprint density at radius 3 is 1.34 bits per heavy atom.